The lowest BCUT2D eigenvalue weighted by Gasteiger charge is -2.35. The SMILES string of the molecule is O[C@]1(c2ccccc2)COCC/C1=C/c1ccccc1. The molecule has 2 aromatic carbocycles. The van der Waals surface area contributed by atoms with Gasteiger partial charge < -0.3 is 9.84 Å². The van der Waals surface area contributed by atoms with Crippen LogP contribution in [-0.2, 0) is 10.3 Å². The van der Waals surface area contributed by atoms with Crippen LogP contribution >= 0.6 is 0 Å². The van der Waals surface area contributed by atoms with Gasteiger partial charge in [0.2, 0.25) is 0 Å². The highest BCUT2D eigenvalue weighted by atomic mass is 16.5. The van der Waals surface area contributed by atoms with E-state index in [9.17, 15) is 5.11 Å². The van der Waals surface area contributed by atoms with Crippen molar-refractivity contribution in [3.8, 4) is 0 Å². The molecule has 0 radical (unpaired) electrons. The van der Waals surface area contributed by atoms with Crippen LogP contribution < -0.4 is 0 Å². The van der Waals surface area contributed by atoms with Crippen molar-refractivity contribution in [1.82, 2.24) is 0 Å². The average Bonchev–Trinajstić information content (AvgIpc) is 2.52. The third-order valence-corrected chi connectivity index (χ3v) is 3.75. The lowest BCUT2D eigenvalue weighted by molar-refractivity contribution is -0.0502. The van der Waals surface area contributed by atoms with Gasteiger partial charge in [0.05, 0.1) is 13.2 Å². The molecule has 1 N–H and O–H groups in total. The molecule has 0 bridgehead atoms. The molecular formula is C18H18O2. The zero-order valence-electron chi connectivity index (χ0n) is 11.3. The summed E-state index contributed by atoms with van der Waals surface area (Å²) in [6.07, 6.45) is 2.83. The maximum absolute atomic E-state index is 11.1. The molecule has 1 aliphatic heterocycles. The Labute approximate surface area is 119 Å². The van der Waals surface area contributed by atoms with Gasteiger partial charge in [-0.2, -0.15) is 0 Å². The summed E-state index contributed by atoms with van der Waals surface area (Å²) in [6.45, 7) is 0.976. The highest BCUT2D eigenvalue weighted by molar-refractivity contribution is 5.56. The van der Waals surface area contributed by atoms with Crippen molar-refractivity contribution in [3.63, 3.8) is 0 Å². The quantitative estimate of drug-likeness (QED) is 0.903. The van der Waals surface area contributed by atoms with Crippen molar-refractivity contribution < 1.29 is 9.84 Å². The largest absolute Gasteiger partial charge is 0.378 e. The van der Waals surface area contributed by atoms with Crippen molar-refractivity contribution in [2.75, 3.05) is 13.2 Å². The summed E-state index contributed by atoms with van der Waals surface area (Å²) in [7, 11) is 0. The van der Waals surface area contributed by atoms with Gasteiger partial charge in [-0.15, -0.1) is 0 Å². The van der Waals surface area contributed by atoms with Crippen LogP contribution in [0, 0.1) is 0 Å². The van der Waals surface area contributed by atoms with Crippen molar-refractivity contribution in [3.05, 3.63) is 77.4 Å². The molecule has 0 amide bonds. The second-order valence-corrected chi connectivity index (χ2v) is 5.11. The summed E-state index contributed by atoms with van der Waals surface area (Å²) in [6, 6.07) is 19.9. The fourth-order valence-corrected chi connectivity index (χ4v) is 2.63. The molecule has 0 spiro atoms. The maximum Gasteiger partial charge on any atom is 0.134 e. The minimum Gasteiger partial charge on any atom is -0.378 e. The molecule has 1 heterocycles. The van der Waals surface area contributed by atoms with E-state index in [1.807, 2.05) is 60.7 Å². The molecular weight excluding hydrogens is 248 g/mol. The molecule has 1 atom stereocenters. The second-order valence-electron chi connectivity index (χ2n) is 5.11. The molecule has 0 aliphatic carbocycles. The third kappa shape index (κ3) is 2.53. The van der Waals surface area contributed by atoms with Gasteiger partial charge >= 0.3 is 0 Å². The van der Waals surface area contributed by atoms with Crippen molar-refractivity contribution in [1.29, 1.82) is 0 Å². The Morgan fingerprint density at radius 1 is 0.950 bits per heavy atom. The molecule has 1 aliphatic rings. The topological polar surface area (TPSA) is 29.5 Å². The lowest BCUT2D eigenvalue weighted by Crippen LogP contribution is -2.38. The van der Waals surface area contributed by atoms with Crippen LogP contribution in [0.3, 0.4) is 0 Å². The van der Waals surface area contributed by atoms with E-state index in [4.69, 9.17) is 4.74 Å². The molecule has 20 heavy (non-hydrogen) atoms. The minimum absolute atomic E-state index is 0.315. The molecule has 0 saturated carbocycles. The molecule has 102 valence electrons. The Balaban J connectivity index is 2.01. The van der Waals surface area contributed by atoms with E-state index in [-0.39, 0.29) is 0 Å². The Morgan fingerprint density at radius 3 is 2.30 bits per heavy atom. The van der Waals surface area contributed by atoms with Crippen LogP contribution in [0.1, 0.15) is 17.5 Å². The second kappa shape index (κ2) is 5.61. The maximum atomic E-state index is 11.1. The predicted octanol–water partition coefficient (Wildman–Crippen LogP) is 3.38. The summed E-state index contributed by atoms with van der Waals surface area (Å²) < 4.78 is 5.52. The first kappa shape index (κ1) is 13.1. The van der Waals surface area contributed by atoms with Crippen LogP contribution in [0.25, 0.3) is 6.08 Å². The number of hydrogen-bond acceptors (Lipinski definition) is 2. The summed E-state index contributed by atoms with van der Waals surface area (Å²) in [5, 5.41) is 11.1. The zero-order valence-corrected chi connectivity index (χ0v) is 11.3. The van der Waals surface area contributed by atoms with E-state index < -0.39 is 5.60 Å². The Kier molecular flexibility index (Phi) is 3.68. The highest BCUT2D eigenvalue weighted by Gasteiger charge is 2.36. The van der Waals surface area contributed by atoms with Gasteiger partial charge in [-0.3, -0.25) is 0 Å². The molecule has 2 nitrogen and oxygen atoms in total. The van der Waals surface area contributed by atoms with Crippen LogP contribution in [0.15, 0.2) is 66.2 Å². The first-order chi connectivity index (χ1) is 9.79. The Morgan fingerprint density at radius 2 is 1.60 bits per heavy atom. The van der Waals surface area contributed by atoms with Crippen LogP contribution in [0.2, 0.25) is 0 Å². The molecule has 0 unspecified atom stereocenters. The summed E-state index contributed by atoms with van der Waals surface area (Å²) >= 11 is 0. The van der Waals surface area contributed by atoms with Crippen molar-refractivity contribution in [2.45, 2.75) is 12.0 Å². The van der Waals surface area contributed by atoms with Gasteiger partial charge in [0, 0.05) is 0 Å². The minimum atomic E-state index is -1.02. The van der Waals surface area contributed by atoms with Gasteiger partial charge in [0.1, 0.15) is 5.60 Å². The third-order valence-electron chi connectivity index (χ3n) is 3.75. The highest BCUT2D eigenvalue weighted by Crippen LogP contribution is 2.36. The monoisotopic (exact) mass is 266 g/mol. The number of rotatable bonds is 2. The Hall–Kier alpha value is -1.90. The number of ether oxygens (including phenoxy) is 1. The van der Waals surface area contributed by atoms with E-state index in [0.717, 1.165) is 23.1 Å². The van der Waals surface area contributed by atoms with E-state index in [1.54, 1.807) is 0 Å². The molecule has 3 rings (SSSR count). The summed E-state index contributed by atoms with van der Waals surface area (Å²) in [5.41, 5.74) is 2.00. The lowest BCUT2D eigenvalue weighted by atomic mass is 9.82. The van der Waals surface area contributed by atoms with Gasteiger partial charge in [-0.05, 0) is 23.1 Å². The molecule has 1 fully saturated rings. The van der Waals surface area contributed by atoms with E-state index in [0.29, 0.717) is 13.2 Å². The molecule has 2 aromatic rings. The van der Waals surface area contributed by atoms with Gasteiger partial charge in [0.15, 0.2) is 0 Å². The summed E-state index contributed by atoms with van der Waals surface area (Å²) in [4.78, 5) is 0. The van der Waals surface area contributed by atoms with Gasteiger partial charge in [-0.1, -0.05) is 66.7 Å². The first-order valence-corrected chi connectivity index (χ1v) is 6.91. The van der Waals surface area contributed by atoms with E-state index in [1.165, 1.54) is 0 Å². The fourth-order valence-electron chi connectivity index (χ4n) is 2.63. The number of benzene rings is 2. The van der Waals surface area contributed by atoms with Gasteiger partial charge in [-0.25, -0.2) is 0 Å². The molecule has 2 heteroatoms. The normalized spacial score (nSPS) is 24.8. The van der Waals surface area contributed by atoms with E-state index in [2.05, 4.69) is 6.08 Å². The van der Waals surface area contributed by atoms with Crippen LogP contribution in [-0.4, -0.2) is 18.3 Å². The summed E-state index contributed by atoms with van der Waals surface area (Å²) in [5.74, 6) is 0. The average molecular weight is 266 g/mol. The van der Waals surface area contributed by atoms with E-state index >= 15 is 0 Å². The predicted molar refractivity (Wildman–Crippen MR) is 80.2 cm³/mol. The number of aliphatic hydroxyl groups is 1. The Bertz CT molecular complexity index is 589. The first-order valence-electron chi connectivity index (χ1n) is 6.91. The molecule has 1 saturated heterocycles. The van der Waals surface area contributed by atoms with Crippen molar-refractivity contribution >= 4 is 6.08 Å². The molecule has 0 aromatic heterocycles. The fraction of sp³-hybridized carbons (Fsp3) is 0.222. The van der Waals surface area contributed by atoms with Gasteiger partial charge in [0.25, 0.3) is 0 Å². The van der Waals surface area contributed by atoms with Crippen molar-refractivity contribution in [2.24, 2.45) is 0 Å². The van der Waals surface area contributed by atoms with Crippen LogP contribution in [0.4, 0.5) is 0 Å². The number of hydrogen-bond donors (Lipinski definition) is 1. The van der Waals surface area contributed by atoms with Crippen LogP contribution in [0.5, 0.6) is 0 Å². The smallest absolute Gasteiger partial charge is 0.134 e. The standard InChI is InChI=1S/C18H18O2/c19-18(16-9-5-2-6-10-16)14-20-12-11-17(18)13-15-7-3-1-4-8-15/h1-10,13,19H,11-12,14H2/b17-13-/t18-/m0/s1. The zero-order chi connectivity index (χ0) is 13.8.